The molecule has 1 aliphatic rings. The standard InChI is InChI=1S/C16H22BrNO2.C2H4Cl2/c1-16(2,3)20-15(19)18-10-4-5-14(18)11-12-6-8-13(17)9-7-12;3-1-2-4/h6-9,14H,4-5,10-11H2,1-3H3;1-2H2. The molecule has 1 heterocycles. The zero-order valence-electron chi connectivity index (χ0n) is 14.5. The Morgan fingerprint density at radius 1 is 1.25 bits per heavy atom. The van der Waals surface area contributed by atoms with Crippen LogP contribution in [0.4, 0.5) is 4.79 Å². The number of benzene rings is 1. The highest BCUT2D eigenvalue weighted by molar-refractivity contribution is 9.10. The number of nitrogens with zero attached hydrogens (tertiary/aromatic N) is 1. The van der Waals surface area contributed by atoms with Crippen LogP contribution in [-0.2, 0) is 11.2 Å². The third-order valence-corrected chi connectivity index (χ3v) is 4.56. The van der Waals surface area contributed by atoms with Crippen molar-refractivity contribution in [1.82, 2.24) is 4.90 Å². The summed E-state index contributed by atoms with van der Waals surface area (Å²) in [6.45, 7) is 6.52. The second-order valence-corrected chi connectivity index (χ2v) is 8.35. The Morgan fingerprint density at radius 3 is 2.33 bits per heavy atom. The van der Waals surface area contributed by atoms with Crippen molar-refractivity contribution in [1.29, 1.82) is 0 Å². The van der Waals surface area contributed by atoms with E-state index in [0.29, 0.717) is 11.8 Å². The van der Waals surface area contributed by atoms with Crippen LogP contribution in [0, 0.1) is 0 Å². The summed E-state index contributed by atoms with van der Waals surface area (Å²) >= 11 is 13.5. The average Bonchev–Trinajstić information content (AvgIpc) is 2.96. The second-order valence-electron chi connectivity index (χ2n) is 6.68. The van der Waals surface area contributed by atoms with Crippen LogP contribution in [0.15, 0.2) is 28.7 Å². The van der Waals surface area contributed by atoms with Gasteiger partial charge in [-0.25, -0.2) is 4.79 Å². The number of likely N-dealkylation sites (tertiary alicyclic amines) is 1. The third kappa shape index (κ3) is 8.09. The van der Waals surface area contributed by atoms with E-state index in [-0.39, 0.29) is 12.1 Å². The Morgan fingerprint density at radius 2 is 1.83 bits per heavy atom. The number of amides is 1. The molecule has 6 heteroatoms. The van der Waals surface area contributed by atoms with Gasteiger partial charge in [0, 0.05) is 28.8 Å². The summed E-state index contributed by atoms with van der Waals surface area (Å²) in [4.78, 5) is 14.1. The van der Waals surface area contributed by atoms with E-state index in [9.17, 15) is 4.79 Å². The van der Waals surface area contributed by atoms with Gasteiger partial charge in [-0.3, -0.25) is 0 Å². The van der Waals surface area contributed by atoms with E-state index in [2.05, 4.69) is 28.1 Å². The lowest BCUT2D eigenvalue weighted by atomic mass is 10.0. The SMILES string of the molecule is CC(C)(C)OC(=O)N1CCCC1Cc1ccc(Br)cc1.ClCCCl. The minimum Gasteiger partial charge on any atom is -0.444 e. The highest BCUT2D eigenvalue weighted by Gasteiger charge is 2.32. The van der Waals surface area contributed by atoms with Crippen molar-refractivity contribution in [2.75, 3.05) is 18.3 Å². The first-order chi connectivity index (χ1) is 11.3. The summed E-state index contributed by atoms with van der Waals surface area (Å²) in [7, 11) is 0. The Hall–Kier alpha value is -0.450. The fourth-order valence-electron chi connectivity index (χ4n) is 2.50. The predicted molar refractivity (Wildman–Crippen MR) is 105 cm³/mol. The van der Waals surface area contributed by atoms with Crippen molar-refractivity contribution < 1.29 is 9.53 Å². The van der Waals surface area contributed by atoms with Crippen LogP contribution in [0.25, 0.3) is 0 Å². The van der Waals surface area contributed by atoms with Gasteiger partial charge >= 0.3 is 6.09 Å². The van der Waals surface area contributed by atoms with Crippen LogP contribution >= 0.6 is 39.1 Å². The van der Waals surface area contributed by atoms with Gasteiger partial charge in [0.1, 0.15) is 5.60 Å². The third-order valence-electron chi connectivity index (χ3n) is 3.46. The first kappa shape index (κ1) is 21.6. The second kappa shape index (κ2) is 10.5. The number of rotatable bonds is 3. The lowest BCUT2D eigenvalue weighted by Crippen LogP contribution is -2.40. The van der Waals surface area contributed by atoms with Gasteiger partial charge in [-0.2, -0.15) is 0 Å². The summed E-state index contributed by atoms with van der Waals surface area (Å²) in [5, 5.41) is 0. The van der Waals surface area contributed by atoms with Crippen molar-refractivity contribution >= 4 is 45.2 Å². The molecule has 1 fully saturated rings. The molecular formula is C18H26BrCl2NO2. The molecule has 1 amide bonds. The largest absolute Gasteiger partial charge is 0.444 e. The Kier molecular flexibility index (Phi) is 9.47. The normalized spacial score (nSPS) is 17.2. The highest BCUT2D eigenvalue weighted by Crippen LogP contribution is 2.24. The molecule has 3 nitrogen and oxygen atoms in total. The fraction of sp³-hybridized carbons (Fsp3) is 0.611. The van der Waals surface area contributed by atoms with Crippen molar-refractivity contribution in [3.63, 3.8) is 0 Å². The lowest BCUT2D eigenvalue weighted by Gasteiger charge is -2.28. The molecule has 0 N–H and O–H groups in total. The van der Waals surface area contributed by atoms with Crippen LogP contribution in [-0.4, -0.2) is 40.9 Å². The van der Waals surface area contributed by atoms with Gasteiger partial charge in [0.2, 0.25) is 0 Å². The molecule has 2 rings (SSSR count). The van der Waals surface area contributed by atoms with E-state index in [1.165, 1.54) is 5.56 Å². The molecule has 1 unspecified atom stereocenters. The topological polar surface area (TPSA) is 29.5 Å². The number of ether oxygens (including phenoxy) is 1. The van der Waals surface area contributed by atoms with Crippen LogP contribution < -0.4 is 0 Å². The Bertz CT molecular complexity index is 501. The molecule has 136 valence electrons. The zero-order valence-corrected chi connectivity index (χ0v) is 17.6. The quantitative estimate of drug-likeness (QED) is 0.553. The van der Waals surface area contributed by atoms with E-state index in [1.807, 2.05) is 37.8 Å². The first-order valence-electron chi connectivity index (χ1n) is 8.13. The van der Waals surface area contributed by atoms with Gasteiger partial charge in [0.15, 0.2) is 0 Å². The average molecular weight is 439 g/mol. The summed E-state index contributed by atoms with van der Waals surface area (Å²) < 4.78 is 6.57. The smallest absolute Gasteiger partial charge is 0.410 e. The van der Waals surface area contributed by atoms with Gasteiger partial charge in [0.25, 0.3) is 0 Å². The monoisotopic (exact) mass is 437 g/mol. The van der Waals surface area contributed by atoms with E-state index >= 15 is 0 Å². The molecular weight excluding hydrogens is 413 g/mol. The maximum absolute atomic E-state index is 12.2. The fourth-order valence-corrected chi connectivity index (χ4v) is 2.77. The Balaban J connectivity index is 0.000000648. The summed E-state index contributed by atoms with van der Waals surface area (Å²) in [5.74, 6) is 1.11. The van der Waals surface area contributed by atoms with E-state index in [0.717, 1.165) is 30.3 Å². The molecule has 24 heavy (non-hydrogen) atoms. The molecule has 0 aromatic heterocycles. The van der Waals surface area contributed by atoms with Crippen LogP contribution in [0.1, 0.15) is 39.2 Å². The zero-order chi connectivity index (χ0) is 18.2. The van der Waals surface area contributed by atoms with Crippen LogP contribution in [0.5, 0.6) is 0 Å². The Labute approximate surface area is 163 Å². The van der Waals surface area contributed by atoms with Gasteiger partial charge in [-0.05, 0) is 57.7 Å². The minimum atomic E-state index is -0.429. The molecule has 0 radical (unpaired) electrons. The van der Waals surface area contributed by atoms with E-state index in [4.69, 9.17) is 27.9 Å². The molecule has 0 saturated carbocycles. The van der Waals surface area contributed by atoms with Crippen molar-refractivity contribution in [3.8, 4) is 0 Å². The predicted octanol–water partition coefficient (Wildman–Crippen LogP) is 5.86. The highest BCUT2D eigenvalue weighted by atomic mass is 79.9. The molecule has 1 aromatic rings. The summed E-state index contributed by atoms with van der Waals surface area (Å²) in [5.41, 5.74) is 0.829. The maximum Gasteiger partial charge on any atom is 0.410 e. The minimum absolute atomic E-state index is 0.183. The molecule has 1 saturated heterocycles. The summed E-state index contributed by atoms with van der Waals surface area (Å²) in [6.07, 6.45) is 2.82. The summed E-state index contributed by atoms with van der Waals surface area (Å²) in [6, 6.07) is 8.56. The van der Waals surface area contributed by atoms with E-state index < -0.39 is 5.60 Å². The molecule has 1 aliphatic heterocycles. The number of hydrogen-bond acceptors (Lipinski definition) is 2. The van der Waals surface area contributed by atoms with Crippen LogP contribution in [0.2, 0.25) is 0 Å². The van der Waals surface area contributed by atoms with Crippen molar-refractivity contribution in [2.45, 2.75) is 51.7 Å². The number of hydrogen-bond donors (Lipinski definition) is 0. The molecule has 0 bridgehead atoms. The first-order valence-corrected chi connectivity index (χ1v) is 9.99. The molecule has 1 aromatic carbocycles. The number of carbonyl (C=O) groups excluding carboxylic acids is 1. The molecule has 1 atom stereocenters. The lowest BCUT2D eigenvalue weighted by molar-refractivity contribution is 0.0227. The van der Waals surface area contributed by atoms with Crippen molar-refractivity contribution in [2.24, 2.45) is 0 Å². The van der Waals surface area contributed by atoms with Gasteiger partial charge < -0.3 is 9.64 Å². The van der Waals surface area contributed by atoms with Crippen LogP contribution in [0.3, 0.4) is 0 Å². The molecule has 0 spiro atoms. The number of halogens is 3. The van der Waals surface area contributed by atoms with E-state index in [1.54, 1.807) is 0 Å². The number of carbonyl (C=O) groups is 1. The van der Waals surface area contributed by atoms with Crippen molar-refractivity contribution in [3.05, 3.63) is 34.3 Å². The van der Waals surface area contributed by atoms with Gasteiger partial charge in [-0.15, -0.1) is 23.2 Å². The molecule has 0 aliphatic carbocycles. The van der Waals surface area contributed by atoms with Gasteiger partial charge in [0.05, 0.1) is 0 Å². The van der Waals surface area contributed by atoms with Gasteiger partial charge in [-0.1, -0.05) is 28.1 Å². The number of alkyl halides is 2. The maximum atomic E-state index is 12.2.